The molecule has 2 atom stereocenters. The van der Waals surface area contributed by atoms with E-state index >= 15 is 0 Å². The maximum absolute atomic E-state index is 12.8. The molecule has 0 unspecified atom stereocenters. The fourth-order valence-corrected chi connectivity index (χ4v) is 4.44. The average molecular weight is 342 g/mol. The Morgan fingerprint density at radius 2 is 2.25 bits per heavy atom. The highest BCUT2D eigenvalue weighted by Crippen LogP contribution is 2.32. The molecule has 2 aromatic rings. The highest BCUT2D eigenvalue weighted by Gasteiger charge is 2.29. The van der Waals surface area contributed by atoms with Crippen molar-refractivity contribution in [3.63, 3.8) is 0 Å². The van der Waals surface area contributed by atoms with Gasteiger partial charge in [0.05, 0.1) is 18.7 Å². The van der Waals surface area contributed by atoms with Crippen LogP contribution in [0.1, 0.15) is 35.4 Å². The van der Waals surface area contributed by atoms with Crippen molar-refractivity contribution in [2.75, 3.05) is 13.2 Å². The number of carbonyl (C=O) groups is 1. The predicted molar refractivity (Wildman–Crippen MR) is 95.3 cm³/mol. The zero-order valence-corrected chi connectivity index (χ0v) is 14.6. The molecule has 1 aromatic carbocycles. The number of fused-ring (bicyclic) bond motifs is 2. The summed E-state index contributed by atoms with van der Waals surface area (Å²) in [5.74, 6) is 0.998. The fourth-order valence-electron chi connectivity index (χ4n) is 3.55. The molecule has 0 saturated heterocycles. The van der Waals surface area contributed by atoms with Crippen LogP contribution in [0, 0.1) is 0 Å². The maximum Gasteiger partial charge on any atom is 0.237 e. The van der Waals surface area contributed by atoms with Crippen LogP contribution in [0.3, 0.4) is 0 Å². The lowest BCUT2D eigenvalue weighted by Gasteiger charge is -2.33. The van der Waals surface area contributed by atoms with E-state index in [0.717, 1.165) is 37.2 Å². The smallest absolute Gasteiger partial charge is 0.237 e. The lowest BCUT2D eigenvalue weighted by molar-refractivity contribution is -0.127. The van der Waals surface area contributed by atoms with Crippen molar-refractivity contribution in [3.05, 3.63) is 51.7 Å². The molecule has 4 rings (SSSR count). The number of ether oxygens (including phenoxy) is 1. The summed E-state index contributed by atoms with van der Waals surface area (Å²) in [6.07, 6.45) is 1.87. The van der Waals surface area contributed by atoms with E-state index in [9.17, 15) is 4.79 Å². The van der Waals surface area contributed by atoms with E-state index in [4.69, 9.17) is 4.74 Å². The van der Waals surface area contributed by atoms with E-state index in [1.54, 1.807) is 0 Å². The molecule has 0 saturated carbocycles. The van der Waals surface area contributed by atoms with Crippen LogP contribution in [0.4, 0.5) is 0 Å². The van der Waals surface area contributed by atoms with Gasteiger partial charge >= 0.3 is 0 Å². The van der Waals surface area contributed by atoms with Crippen LogP contribution < -0.4 is 10.1 Å². The molecule has 4 nitrogen and oxygen atoms in total. The van der Waals surface area contributed by atoms with Crippen LogP contribution >= 0.6 is 11.3 Å². The molecule has 0 spiro atoms. The number of nitrogens with one attached hydrogen (secondary N) is 1. The SMILES string of the molecule is C[C@H](C(=O)N[C@@H]1CCOc2ccccc21)N1CCc2sccc2C1. The summed E-state index contributed by atoms with van der Waals surface area (Å²) < 4.78 is 5.68. The molecule has 24 heavy (non-hydrogen) atoms. The molecule has 0 radical (unpaired) electrons. The quantitative estimate of drug-likeness (QED) is 0.932. The molecule has 3 heterocycles. The molecule has 126 valence electrons. The third-order valence-electron chi connectivity index (χ3n) is 5.04. The molecule has 5 heteroatoms. The molecule has 2 aliphatic rings. The van der Waals surface area contributed by atoms with E-state index in [1.807, 2.05) is 42.5 Å². The van der Waals surface area contributed by atoms with Crippen molar-refractivity contribution in [1.29, 1.82) is 0 Å². The summed E-state index contributed by atoms with van der Waals surface area (Å²) in [4.78, 5) is 16.5. The fraction of sp³-hybridized carbons (Fsp3) is 0.421. The lowest BCUT2D eigenvalue weighted by Crippen LogP contribution is -2.48. The first kappa shape index (κ1) is 15.7. The molecular weight excluding hydrogens is 320 g/mol. The monoisotopic (exact) mass is 342 g/mol. The average Bonchev–Trinajstić information content (AvgIpc) is 3.09. The number of hydrogen-bond acceptors (Lipinski definition) is 4. The van der Waals surface area contributed by atoms with Gasteiger partial charge in [0, 0.05) is 30.0 Å². The molecule has 1 N–H and O–H groups in total. The zero-order valence-electron chi connectivity index (χ0n) is 13.8. The van der Waals surface area contributed by atoms with Gasteiger partial charge in [0.2, 0.25) is 5.91 Å². The van der Waals surface area contributed by atoms with E-state index in [1.165, 1.54) is 10.4 Å². The van der Waals surface area contributed by atoms with Crippen molar-refractivity contribution in [3.8, 4) is 5.75 Å². The molecular formula is C19H22N2O2S. The Morgan fingerprint density at radius 1 is 1.38 bits per heavy atom. The number of benzene rings is 1. The lowest BCUT2D eigenvalue weighted by atomic mass is 10.00. The minimum atomic E-state index is -0.118. The van der Waals surface area contributed by atoms with Gasteiger partial charge in [-0.05, 0) is 36.4 Å². The molecule has 1 amide bonds. The number of thiophene rings is 1. The minimum absolute atomic E-state index is 0.0476. The van der Waals surface area contributed by atoms with Gasteiger partial charge in [-0.3, -0.25) is 9.69 Å². The first-order valence-corrected chi connectivity index (χ1v) is 9.42. The van der Waals surface area contributed by atoms with Gasteiger partial charge in [-0.2, -0.15) is 0 Å². The number of hydrogen-bond donors (Lipinski definition) is 1. The minimum Gasteiger partial charge on any atom is -0.493 e. The highest BCUT2D eigenvalue weighted by molar-refractivity contribution is 7.10. The predicted octanol–water partition coefficient (Wildman–Crippen LogP) is 3.13. The van der Waals surface area contributed by atoms with Gasteiger partial charge in [-0.1, -0.05) is 18.2 Å². The van der Waals surface area contributed by atoms with Crippen LogP contribution in [0.5, 0.6) is 5.75 Å². The van der Waals surface area contributed by atoms with Crippen LogP contribution in [0.2, 0.25) is 0 Å². The second kappa shape index (κ2) is 6.57. The second-order valence-corrected chi connectivity index (χ2v) is 7.50. The Bertz CT molecular complexity index is 742. The third kappa shape index (κ3) is 2.94. The third-order valence-corrected chi connectivity index (χ3v) is 6.06. The van der Waals surface area contributed by atoms with Gasteiger partial charge in [0.1, 0.15) is 5.75 Å². The van der Waals surface area contributed by atoms with Gasteiger partial charge in [0.25, 0.3) is 0 Å². The molecule has 1 aromatic heterocycles. The summed E-state index contributed by atoms with van der Waals surface area (Å²) >= 11 is 1.83. The molecule has 0 bridgehead atoms. The van der Waals surface area contributed by atoms with Gasteiger partial charge in [-0.25, -0.2) is 0 Å². The van der Waals surface area contributed by atoms with Gasteiger partial charge < -0.3 is 10.1 Å². The Morgan fingerprint density at radius 3 is 3.17 bits per heavy atom. The second-order valence-electron chi connectivity index (χ2n) is 6.50. The molecule has 0 aliphatic carbocycles. The first-order chi connectivity index (χ1) is 11.7. The molecule has 0 fully saturated rings. The largest absolute Gasteiger partial charge is 0.493 e. The number of nitrogens with zero attached hydrogens (tertiary/aromatic N) is 1. The molecule has 2 aliphatic heterocycles. The van der Waals surface area contributed by atoms with E-state index < -0.39 is 0 Å². The first-order valence-electron chi connectivity index (χ1n) is 8.54. The topological polar surface area (TPSA) is 41.6 Å². The number of amides is 1. The Labute approximate surface area is 146 Å². The van der Waals surface area contributed by atoms with Crippen molar-refractivity contribution >= 4 is 17.2 Å². The number of rotatable bonds is 3. The van der Waals surface area contributed by atoms with E-state index in [0.29, 0.717) is 6.61 Å². The van der Waals surface area contributed by atoms with E-state index in [2.05, 4.69) is 21.7 Å². The standard InChI is InChI=1S/C19H22N2O2S/c1-13(21-9-6-18-14(12-21)8-11-24-18)19(22)20-16-7-10-23-17-5-3-2-4-15(16)17/h2-5,8,11,13,16H,6-7,9-10,12H2,1H3,(H,20,22)/t13-,16-/m1/s1. The van der Waals surface area contributed by atoms with Crippen LogP contribution in [0.25, 0.3) is 0 Å². The Balaban J connectivity index is 1.43. The van der Waals surface area contributed by atoms with Crippen molar-refractivity contribution < 1.29 is 9.53 Å². The van der Waals surface area contributed by atoms with Crippen molar-refractivity contribution in [2.24, 2.45) is 0 Å². The van der Waals surface area contributed by atoms with Gasteiger partial charge in [0.15, 0.2) is 0 Å². The summed E-state index contributed by atoms with van der Waals surface area (Å²) in [7, 11) is 0. The van der Waals surface area contributed by atoms with E-state index in [-0.39, 0.29) is 18.0 Å². The number of para-hydroxylation sites is 1. The van der Waals surface area contributed by atoms with Gasteiger partial charge in [-0.15, -0.1) is 11.3 Å². The summed E-state index contributed by atoms with van der Waals surface area (Å²) in [5.41, 5.74) is 2.46. The summed E-state index contributed by atoms with van der Waals surface area (Å²) in [5, 5.41) is 5.38. The Kier molecular flexibility index (Phi) is 4.29. The Hall–Kier alpha value is -1.85. The van der Waals surface area contributed by atoms with Crippen LogP contribution in [-0.4, -0.2) is 30.0 Å². The normalized spacial score (nSPS) is 21.3. The number of carbonyl (C=O) groups excluding carboxylic acids is 1. The zero-order chi connectivity index (χ0) is 16.5. The van der Waals surface area contributed by atoms with Crippen LogP contribution in [0.15, 0.2) is 35.7 Å². The van der Waals surface area contributed by atoms with Crippen LogP contribution in [-0.2, 0) is 17.8 Å². The summed E-state index contributed by atoms with van der Waals surface area (Å²) in [6.45, 7) is 4.49. The maximum atomic E-state index is 12.8. The van der Waals surface area contributed by atoms with Crippen molar-refractivity contribution in [2.45, 2.75) is 38.4 Å². The highest BCUT2D eigenvalue weighted by atomic mass is 32.1. The summed E-state index contributed by atoms with van der Waals surface area (Å²) in [6, 6.07) is 10.1. The van der Waals surface area contributed by atoms with Crippen molar-refractivity contribution in [1.82, 2.24) is 10.2 Å².